The van der Waals surface area contributed by atoms with Crippen molar-refractivity contribution in [1.29, 1.82) is 0 Å². The molecular formula is C11H25NO3S. The van der Waals surface area contributed by atoms with Gasteiger partial charge in [-0.25, -0.2) is 0 Å². The maximum absolute atomic E-state index is 9.19. The van der Waals surface area contributed by atoms with Crippen LogP contribution >= 0.6 is 0 Å². The predicted molar refractivity (Wildman–Crippen MR) is 67.3 cm³/mol. The second-order valence-electron chi connectivity index (χ2n) is 4.30. The smallest absolute Gasteiger partial charge is 0.261 e. The Labute approximate surface area is 99.8 Å². The molecule has 0 aromatic rings. The first kappa shape index (κ1) is 15.9. The molecule has 0 amide bonds. The van der Waals surface area contributed by atoms with E-state index in [0.29, 0.717) is 6.26 Å². The van der Waals surface area contributed by atoms with Crippen LogP contribution in [0.15, 0.2) is 0 Å². The molecule has 0 radical (unpaired) electrons. The minimum atomic E-state index is -3.67. The summed E-state index contributed by atoms with van der Waals surface area (Å²) in [6, 6.07) is 0.916. The largest absolute Gasteiger partial charge is 0.301 e. The fourth-order valence-electron chi connectivity index (χ4n) is 2.14. The topological polar surface area (TPSA) is 57.6 Å². The van der Waals surface area contributed by atoms with Gasteiger partial charge in [0, 0.05) is 6.04 Å². The summed E-state index contributed by atoms with van der Waals surface area (Å²) in [5.41, 5.74) is 0. The molecule has 0 bridgehead atoms. The molecule has 0 spiro atoms. The molecule has 1 saturated heterocycles. The Morgan fingerprint density at radius 1 is 1.31 bits per heavy atom. The molecule has 98 valence electrons. The zero-order valence-electron chi connectivity index (χ0n) is 10.6. The van der Waals surface area contributed by atoms with E-state index in [4.69, 9.17) is 4.55 Å². The van der Waals surface area contributed by atoms with Gasteiger partial charge in [-0.2, -0.15) is 8.42 Å². The second kappa shape index (κ2) is 8.03. The Kier molecular flexibility index (Phi) is 7.97. The lowest BCUT2D eigenvalue weighted by molar-refractivity contribution is 0.147. The molecule has 5 heteroatoms. The van der Waals surface area contributed by atoms with Gasteiger partial charge in [0.1, 0.15) is 0 Å². The van der Waals surface area contributed by atoms with Gasteiger partial charge in [0.05, 0.1) is 6.26 Å². The molecule has 1 rings (SSSR count). The van der Waals surface area contributed by atoms with E-state index in [1.54, 1.807) is 0 Å². The highest BCUT2D eigenvalue weighted by Crippen LogP contribution is 2.19. The summed E-state index contributed by atoms with van der Waals surface area (Å²) in [4.78, 5) is 2.65. The van der Waals surface area contributed by atoms with Crippen molar-refractivity contribution in [3.8, 4) is 0 Å². The molecule has 0 aliphatic carbocycles. The Morgan fingerprint density at radius 2 is 1.88 bits per heavy atom. The van der Waals surface area contributed by atoms with Crippen molar-refractivity contribution in [2.24, 2.45) is 0 Å². The van der Waals surface area contributed by atoms with E-state index < -0.39 is 10.1 Å². The first-order valence-corrected chi connectivity index (χ1v) is 7.89. The van der Waals surface area contributed by atoms with Gasteiger partial charge in [0.25, 0.3) is 10.1 Å². The van der Waals surface area contributed by atoms with E-state index in [2.05, 4.69) is 18.7 Å². The summed E-state index contributed by atoms with van der Waals surface area (Å²) >= 11 is 0. The number of hydrogen-bond donors (Lipinski definition) is 1. The summed E-state index contributed by atoms with van der Waals surface area (Å²) in [6.07, 6.45) is 7.80. The van der Waals surface area contributed by atoms with Gasteiger partial charge in [-0.15, -0.1) is 0 Å². The Bertz CT molecular complexity index is 254. The third-order valence-corrected chi connectivity index (χ3v) is 2.78. The van der Waals surface area contributed by atoms with Crippen LogP contribution in [0.25, 0.3) is 0 Å². The summed E-state index contributed by atoms with van der Waals surface area (Å²) in [5.74, 6) is 0. The van der Waals surface area contributed by atoms with Crippen LogP contribution in [0.2, 0.25) is 0 Å². The average molecular weight is 251 g/mol. The molecule has 1 fully saturated rings. The van der Waals surface area contributed by atoms with E-state index in [9.17, 15) is 8.42 Å². The molecule has 1 unspecified atom stereocenters. The van der Waals surface area contributed by atoms with Crippen LogP contribution in [-0.4, -0.2) is 43.3 Å². The first-order chi connectivity index (χ1) is 7.38. The van der Waals surface area contributed by atoms with Crippen LogP contribution in [0.5, 0.6) is 0 Å². The summed E-state index contributed by atoms with van der Waals surface area (Å²) in [5, 5.41) is 0. The lowest BCUT2D eigenvalue weighted by Gasteiger charge is -2.34. The van der Waals surface area contributed by atoms with Gasteiger partial charge in [0.15, 0.2) is 0 Å². The zero-order valence-corrected chi connectivity index (χ0v) is 11.5. The van der Waals surface area contributed by atoms with E-state index >= 15 is 0 Å². The molecule has 0 saturated carbocycles. The predicted octanol–water partition coefficient (Wildman–Crippen LogP) is 2.16. The van der Waals surface area contributed by atoms with Crippen LogP contribution in [0.1, 0.15) is 46.0 Å². The lowest BCUT2D eigenvalue weighted by atomic mass is 9.98. The highest BCUT2D eigenvalue weighted by molar-refractivity contribution is 7.85. The van der Waals surface area contributed by atoms with Gasteiger partial charge in [0.2, 0.25) is 0 Å². The fourth-order valence-corrected chi connectivity index (χ4v) is 2.14. The summed E-state index contributed by atoms with van der Waals surface area (Å²) < 4.78 is 25.9. The van der Waals surface area contributed by atoms with Gasteiger partial charge in [-0.05, 0) is 32.4 Å². The van der Waals surface area contributed by atoms with Crippen LogP contribution in [0.3, 0.4) is 0 Å². The second-order valence-corrected chi connectivity index (χ2v) is 5.77. The number of piperidine rings is 1. The van der Waals surface area contributed by atoms with Gasteiger partial charge in [-0.1, -0.05) is 26.7 Å². The van der Waals surface area contributed by atoms with Gasteiger partial charge < -0.3 is 4.90 Å². The zero-order chi connectivity index (χ0) is 12.6. The molecule has 0 aromatic heterocycles. The third-order valence-electron chi connectivity index (χ3n) is 2.78. The maximum Gasteiger partial charge on any atom is 0.261 e. The van der Waals surface area contributed by atoms with Crippen LogP contribution in [-0.2, 0) is 10.1 Å². The van der Waals surface area contributed by atoms with Gasteiger partial charge in [-0.3, -0.25) is 4.55 Å². The number of likely N-dealkylation sites (tertiary alicyclic amines) is 1. The summed E-state index contributed by atoms with van der Waals surface area (Å²) in [7, 11) is -3.67. The minimum Gasteiger partial charge on any atom is -0.301 e. The van der Waals surface area contributed by atoms with Crippen LogP contribution in [0, 0.1) is 0 Å². The number of hydrogen-bond acceptors (Lipinski definition) is 3. The highest BCUT2D eigenvalue weighted by Gasteiger charge is 2.19. The molecule has 1 aliphatic heterocycles. The van der Waals surface area contributed by atoms with Crippen molar-refractivity contribution in [1.82, 2.24) is 4.90 Å². The first-order valence-electron chi connectivity index (χ1n) is 6.05. The summed E-state index contributed by atoms with van der Waals surface area (Å²) in [6.45, 7) is 7.18. The van der Waals surface area contributed by atoms with Crippen molar-refractivity contribution in [3.63, 3.8) is 0 Å². The van der Waals surface area contributed by atoms with E-state index in [1.807, 2.05) is 0 Å². The van der Waals surface area contributed by atoms with Crippen molar-refractivity contribution in [3.05, 3.63) is 0 Å². The minimum absolute atomic E-state index is 0.715. The standard InChI is InChI=1S/C10H21N.CH4O3S/c1-3-7-10-8-5-6-9-11(10)4-2;1-5(2,3)4/h10H,3-9H2,1-2H3;1H3,(H,2,3,4). The van der Waals surface area contributed by atoms with E-state index in [-0.39, 0.29) is 0 Å². The molecule has 0 aromatic carbocycles. The average Bonchev–Trinajstić information content (AvgIpc) is 2.16. The van der Waals surface area contributed by atoms with Gasteiger partial charge >= 0.3 is 0 Å². The molecule has 1 N–H and O–H groups in total. The monoisotopic (exact) mass is 251 g/mol. The Balaban J connectivity index is 0.000000385. The molecule has 1 aliphatic rings. The SMILES string of the molecule is CCCC1CCCCN1CC.CS(=O)(=O)O. The number of rotatable bonds is 3. The molecular weight excluding hydrogens is 226 g/mol. The number of nitrogens with zero attached hydrogens (tertiary/aromatic N) is 1. The molecule has 1 heterocycles. The van der Waals surface area contributed by atoms with Crippen molar-refractivity contribution in [2.45, 2.75) is 52.0 Å². The quantitative estimate of drug-likeness (QED) is 0.781. The van der Waals surface area contributed by atoms with Crippen LogP contribution in [0.4, 0.5) is 0 Å². The molecule has 4 nitrogen and oxygen atoms in total. The molecule has 1 atom stereocenters. The molecule has 16 heavy (non-hydrogen) atoms. The van der Waals surface area contributed by atoms with Crippen molar-refractivity contribution >= 4 is 10.1 Å². The van der Waals surface area contributed by atoms with E-state index in [0.717, 1.165) is 6.04 Å². The fraction of sp³-hybridized carbons (Fsp3) is 1.00. The van der Waals surface area contributed by atoms with Crippen LogP contribution < -0.4 is 0 Å². The van der Waals surface area contributed by atoms with Crippen molar-refractivity contribution < 1.29 is 13.0 Å². The normalized spacial score (nSPS) is 22.4. The van der Waals surface area contributed by atoms with E-state index in [1.165, 1.54) is 45.2 Å². The highest BCUT2D eigenvalue weighted by atomic mass is 32.2. The lowest BCUT2D eigenvalue weighted by Crippen LogP contribution is -2.38. The Hall–Kier alpha value is -0.130. The van der Waals surface area contributed by atoms with Crippen molar-refractivity contribution in [2.75, 3.05) is 19.3 Å². The third kappa shape index (κ3) is 9.12. The Morgan fingerprint density at radius 3 is 2.31 bits per heavy atom. The maximum atomic E-state index is 9.19.